The van der Waals surface area contributed by atoms with E-state index in [2.05, 4.69) is 16.7 Å². The number of halogens is 3. The van der Waals surface area contributed by atoms with E-state index in [4.69, 9.17) is 11.3 Å². The average molecular weight is 374 g/mol. The predicted octanol–water partition coefficient (Wildman–Crippen LogP) is 4.21. The summed E-state index contributed by atoms with van der Waals surface area (Å²) in [4.78, 5) is 17.4. The first-order valence-electron chi connectivity index (χ1n) is 8.34. The van der Waals surface area contributed by atoms with Gasteiger partial charge >= 0.3 is 0 Å². The first kappa shape index (κ1) is 18.8. The van der Waals surface area contributed by atoms with E-state index in [-0.39, 0.29) is 0 Å². The van der Waals surface area contributed by atoms with Crippen LogP contribution in [-0.4, -0.2) is 12.5 Å². The lowest BCUT2D eigenvalue weighted by Gasteiger charge is -2.16. The maximum absolute atomic E-state index is 14.4. The average Bonchev–Trinajstić information content (AvgIpc) is 3.47. The van der Waals surface area contributed by atoms with Crippen LogP contribution >= 0.6 is 0 Å². The molecule has 2 aromatic rings. The number of benzene rings is 2. The Bertz CT molecular complexity index is 934. The van der Waals surface area contributed by atoms with Gasteiger partial charge in [0.2, 0.25) is 0 Å². The van der Waals surface area contributed by atoms with E-state index >= 15 is 0 Å². The van der Waals surface area contributed by atoms with Crippen molar-refractivity contribution in [3.8, 4) is 12.3 Å². The Balaban J connectivity index is 1.91. The summed E-state index contributed by atoms with van der Waals surface area (Å²) >= 11 is 0. The highest BCUT2D eigenvalue weighted by atomic mass is 19.2. The molecule has 3 rings (SSSR count). The molecule has 0 aliphatic heterocycles. The van der Waals surface area contributed by atoms with Gasteiger partial charge in [-0.05, 0) is 55.5 Å². The number of rotatable bonds is 6. The van der Waals surface area contributed by atoms with Gasteiger partial charge < -0.3 is 5.32 Å². The zero-order valence-electron chi connectivity index (χ0n) is 14.5. The predicted molar refractivity (Wildman–Crippen MR) is 94.9 cm³/mol. The fourth-order valence-corrected chi connectivity index (χ4v) is 2.49. The SMILES string of the molecule is C#Cc1ccc(Nc2c(C(=O)NOCC3CC3)cc(F)c(F)c2F)c(C)c1. The molecule has 1 amide bonds. The van der Waals surface area contributed by atoms with E-state index in [1.54, 1.807) is 25.1 Å². The molecule has 0 spiro atoms. The first-order valence-corrected chi connectivity index (χ1v) is 8.34. The summed E-state index contributed by atoms with van der Waals surface area (Å²) < 4.78 is 41.8. The monoisotopic (exact) mass is 374 g/mol. The Morgan fingerprint density at radius 3 is 2.63 bits per heavy atom. The summed E-state index contributed by atoms with van der Waals surface area (Å²) in [5.41, 5.74) is 2.89. The Morgan fingerprint density at radius 1 is 1.26 bits per heavy atom. The number of carbonyl (C=O) groups is 1. The van der Waals surface area contributed by atoms with Gasteiger partial charge in [-0.3, -0.25) is 9.63 Å². The number of hydrogen-bond acceptors (Lipinski definition) is 3. The second-order valence-corrected chi connectivity index (χ2v) is 6.39. The number of anilines is 2. The van der Waals surface area contributed by atoms with Gasteiger partial charge in [0.15, 0.2) is 17.5 Å². The highest BCUT2D eigenvalue weighted by Crippen LogP contribution is 2.31. The molecule has 1 aliphatic rings. The third-order valence-electron chi connectivity index (χ3n) is 4.24. The molecule has 4 nitrogen and oxygen atoms in total. The summed E-state index contributed by atoms with van der Waals surface area (Å²) in [6.07, 6.45) is 7.35. The highest BCUT2D eigenvalue weighted by molar-refractivity contribution is 6.00. The van der Waals surface area contributed by atoms with Gasteiger partial charge in [-0.1, -0.05) is 5.92 Å². The van der Waals surface area contributed by atoms with Gasteiger partial charge in [0, 0.05) is 11.3 Å². The molecule has 0 heterocycles. The van der Waals surface area contributed by atoms with Crippen molar-refractivity contribution in [2.75, 3.05) is 11.9 Å². The van der Waals surface area contributed by atoms with Crippen LogP contribution in [0.3, 0.4) is 0 Å². The molecule has 27 heavy (non-hydrogen) atoms. The summed E-state index contributed by atoms with van der Waals surface area (Å²) in [6.45, 7) is 2.02. The van der Waals surface area contributed by atoms with Crippen LogP contribution in [0.1, 0.15) is 34.3 Å². The van der Waals surface area contributed by atoms with Gasteiger partial charge in [0.05, 0.1) is 17.9 Å². The normalized spacial score (nSPS) is 13.1. The number of terminal acetylenes is 1. The number of nitrogens with one attached hydrogen (secondary N) is 2. The Labute approximate surface area is 154 Å². The standard InChI is InChI=1S/C20H17F3N2O2/c1-3-12-6-7-16(11(2)8-12)24-19-14(9-15(21)17(22)18(19)23)20(26)25-27-10-13-4-5-13/h1,6-9,13,24H,4-5,10H2,2H3,(H,25,26). The molecular weight excluding hydrogens is 357 g/mol. The topological polar surface area (TPSA) is 50.4 Å². The zero-order chi connectivity index (χ0) is 19.6. The van der Waals surface area contributed by atoms with Crippen molar-refractivity contribution in [3.63, 3.8) is 0 Å². The molecule has 0 atom stereocenters. The van der Waals surface area contributed by atoms with Crippen LogP contribution in [0.4, 0.5) is 24.5 Å². The third kappa shape index (κ3) is 4.23. The number of carbonyl (C=O) groups excluding carboxylic acids is 1. The van der Waals surface area contributed by atoms with Crippen molar-refractivity contribution in [2.24, 2.45) is 5.92 Å². The third-order valence-corrected chi connectivity index (χ3v) is 4.24. The van der Waals surface area contributed by atoms with Gasteiger partial charge in [-0.15, -0.1) is 6.42 Å². The molecule has 2 N–H and O–H groups in total. The molecule has 0 radical (unpaired) electrons. The van der Waals surface area contributed by atoms with Crippen molar-refractivity contribution in [2.45, 2.75) is 19.8 Å². The molecule has 0 bridgehead atoms. The second-order valence-electron chi connectivity index (χ2n) is 6.39. The van der Waals surface area contributed by atoms with E-state index in [1.807, 2.05) is 0 Å². The van der Waals surface area contributed by atoms with Crippen LogP contribution in [0.2, 0.25) is 0 Å². The van der Waals surface area contributed by atoms with Crippen molar-refractivity contribution in [3.05, 3.63) is 58.4 Å². The molecule has 7 heteroatoms. The maximum atomic E-state index is 14.4. The smallest absolute Gasteiger partial charge is 0.277 e. The van der Waals surface area contributed by atoms with Crippen LogP contribution in [-0.2, 0) is 4.84 Å². The molecule has 1 fully saturated rings. The van der Waals surface area contributed by atoms with E-state index in [0.717, 1.165) is 12.8 Å². The maximum Gasteiger partial charge on any atom is 0.277 e. The fraction of sp³-hybridized carbons (Fsp3) is 0.250. The lowest BCUT2D eigenvalue weighted by Crippen LogP contribution is -2.26. The van der Waals surface area contributed by atoms with E-state index in [1.165, 1.54) is 0 Å². The summed E-state index contributed by atoms with van der Waals surface area (Å²) in [6, 6.07) is 5.46. The summed E-state index contributed by atoms with van der Waals surface area (Å²) in [5, 5.41) is 2.65. The van der Waals surface area contributed by atoms with Crippen LogP contribution in [0.5, 0.6) is 0 Å². The van der Waals surface area contributed by atoms with Crippen LogP contribution < -0.4 is 10.8 Å². The lowest BCUT2D eigenvalue weighted by atomic mass is 10.1. The molecular formula is C20H17F3N2O2. The Morgan fingerprint density at radius 2 is 2.00 bits per heavy atom. The van der Waals surface area contributed by atoms with E-state index in [0.29, 0.717) is 35.4 Å². The number of amides is 1. The molecule has 140 valence electrons. The van der Waals surface area contributed by atoms with Crippen molar-refractivity contribution >= 4 is 17.3 Å². The molecule has 0 aromatic heterocycles. The molecule has 0 unspecified atom stereocenters. The quantitative estimate of drug-likeness (QED) is 0.452. The van der Waals surface area contributed by atoms with Crippen molar-refractivity contribution in [1.82, 2.24) is 5.48 Å². The summed E-state index contributed by atoms with van der Waals surface area (Å²) in [5.74, 6) is -2.68. The Hall–Kier alpha value is -2.98. The summed E-state index contributed by atoms with van der Waals surface area (Å²) in [7, 11) is 0. The lowest BCUT2D eigenvalue weighted by molar-refractivity contribution is 0.0270. The van der Waals surface area contributed by atoms with Gasteiger partial charge in [-0.25, -0.2) is 18.7 Å². The van der Waals surface area contributed by atoms with Crippen LogP contribution in [0.25, 0.3) is 0 Å². The minimum atomic E-state index is -1.68. The number of hydrogen-bond donors (Lipinski definition) is 2. The van der Waals surface area contributed by atoms with Gasteiger partial charge in [0.1, 0.15) is 0 Å². The first-order chi connectivity index (χ1) is 12.9. The second kappa shape index (κ2) is 7.72. The van der Waals surface area contributed by atoms with E-state index < -0.39 is 34.6 Å². The minimum Gasteiger partial charge on any atom is -0.352 e. The van der Waals surface area contributed by atoms with Crippen molar-refractivity contribution < 1.29 is 22.8 Å². The molecule has 0 saturated heterocycles. The Kier molecular flexibility index (Phi) is 5.38. The number of aryl methyl sites for hydroxylation is 1. The highest BCUT2D eigenvalue weighted by Gasteiger charge is 2.25. The zero-order valence-corrected chi connectivity index (χ0v) is 14.5. The van der Waals surface area contributed by atoms with Gasteiger partial charge in [-0.2, -0.15) is 0 Å². The van der Waals surface area contributed by atoms with E-state index in [9.17, 15) is 18.0 Å². The van der Waals surface area contributed by atoms with Crippen LogP contribution in [0.15, 0.2) is 24.3 Å². The minimum absolute atomic E-state index is 0.313. The molecule has 1 aliphatic carbocycles. The van der Waals surface area contributed by atoms with Crippen LogP contribution in [0, 0.1) is 42.6 Å². The number of hydroxylamine groups is 1. The van der Waals surface area contributed by atoms with Crippen molar-refractivity contribution in [1.29, 1.82) is 0 Å². The largest absolute Gasteiger partial charge is 0.352 e. The molecule has 1 saturated carbocycles. The fourth-order valence-electron chi connectivity index (χ4n) is 2.49. The van der Waals surface area contributed by atoms with Gasteiger partial charge in [0.25, 0.3) is 5.91 Å². The molecule has 2 aromatic carbocycles.